The number of ether oxygens (including phenoxy) is 1. The molecule has 2 heterocycles. The molecule has 0 saturated carbocycles. The number of fused-ring (bicyclic) bond motifs is 3. The van der Waals surface area contributed by atoms with E-state index in [1.807, 2.05) is 30.5 Å². The van der Waals surface area contributed by atoms with E-state index < -0.39 is 0 Å². The molecule has 0 radical (unpaired) electrons. The standard InChI is InChI=1S/C21H19FN2O2S.ClH/c1-11-9-16(26-2)17(13-4-3-12(5-7-23)15(22)10-13)18-14-6-8-27-20(14)21(25)24-19(11)18;/h3-4,6,8-10H,5,7,23H2,1-2H3,(H,24,25);1H. The third kappa shape index (κ3) is 3.17. The molecule has 0 aliphatic rings. The van der Waals surface area contributed by atoms with Crippen molar-refractivity contribution in [3.05, 3.63) is 63.0 Å². The van der Waals surface area contributed by atoms with Crippen LogP contribution in [0.15, 0.2) is 40.5 Å². The highest BCUT2D eigenvalue weighted by Gasteiger charge is 2.19. The first-order valence-corrected chi connectivity index (χ1v) is 9.52. The SMILES string of the molecule is COc1cc(C)c2[nH]c(=O)c3sccc3c2c1-c1ccc(CCN)c(F)c1.Cl. The summed E-state index contributed by atoms with van der Waals surface area (Å²) in [7, 11) is 1.60. The van der Waals surface area contributed by atoms with Crippen molar-refractivity contribution in [2.45, 2.75) is 13.3 Å². The number of H-pyrrole nitrogens is 1. The number of nitrogens with one attached hydrogen (secondary N) is 1. The lowest BCUT2D eigenvalue weighted by molar-refractivity contribution is 0.416. The molecule has 4 nitrogen and oxygen atoms in total. The zero-order chi connectivity index (χ0) is 19.1. The fourth-order valence-electron chi connectivity index (χ4n) is 3.58. The van der Waals surface area contributed by atoms with E-state index in [4.69, 9.17) is 10.5 Å². The molecule has 0 aliphatic heterocycles. The Labute approximate surface area is 171 Å². The van der Waals surface area contributed by atoms with Crippen LogP contribution in [-0.2, 0) is 6.42 Å². The van der Waals surface area contributed by atoms with Crippen molar-refractivity contribution in [1.82, 2.24) is 4.98 Å². The second-order valence-corrected chi connectivity index (χ2v) is 7.40. The molecule has 0 unspecified atom stereocenters. The Morgan fingerprint density at radius 2 is 2.04 bits per heavy atom. The van der Waals surface area contributed by atoms with Gasteiger partial charge in [-0.2, -0.15) is 0 Å². The van der Waals surface area contributed by atoms with Crippen LogP contribution in [0.3, 0.4) is 0 Å². The number of halogens is 2. The fraction of sp³-hybridized carbons (Fsp3) is 0.190. The van der Waals surface area contributed by atoms with Gasteiger partial charge in [0.25, 0.3) is 5.56 Å². The number of aromatic amines is 1. The Morgan fingerprint density at radius 3 is 2.71 bits per heavy atom. The number of nitrogens with two attached hydrogens (primary N) is 1. The van der Waals surface area contributed by atoms with Gasteiger partial charge in [0.2, 0.25) is 0 Å². The minimum Gasteiger partial charge on any atom is -0.496 e. The van der Waals surface area contributed by atoms with Gasteiger partial charge in [-0.25, -0.2) is 4.39 Å². The molecular formula is C21H20ClFN2O2S. The molecule has 0 saturated heterocycles. The number of thiophene rings is 1. The fourth-order valence-corrected chi connectivity index (χ4v) is 4.37. The second-order valence-electron chi connectivity index (χ2n) is 6.48. The Balaban J connectivity index is 0.00000225. The van der Waals surface area contributed by atoms with Gasteiger partial charge in [0.05, 0.1) is 12.6 Å². The Kier molecular flexibility index (Phi) is 5.74. The molecule has 0 amide bonds. The van der Waals surface area contributed by atoms with Crippen molar-refractivity contribution < 1.29 is 9.13 Å². The highest BCUT2D eigenvalue weighted by Crippen LogP contribution is 2.42. The molecule has 0 aliphatic carbocycles. The monoisotopic (exact) mass is 418 g/mol. The van der Waals surface area contributed by atoms with E-state index >= 15 is 0 Å². The molecule has 0 spiro atoms. The quantitative estimate of drug-likeness (QED) is 0.500. The predicted molar refractivity (Wildman–Crippen MR) is 117 cm³/mol. The Bertz CT molecular complexity index is 1230. The summed E-state index contributed by atoms with van der Waals surface area (Å²) in [6, 6.07) is 8.96. The summed E-state index contributed by atoms with van der Waals surface area (Å²) in [5.74, 6) is 0.352. The van der Waals surface area contributed by atoms with Crippen molar-refractivity contribution in [2.75, 3.05) is 13.7 Å². The molecule has 7 heteroatoms. The van der Waals surface area contributed by atoms with Gasteiger partial charge < -0.3 is 15.5 Å². The molecule has 0 fully saturated rings. The lowest BCUT2D eigenvalue weighted by Crippen LogP contribution is -2.07. The number of hydrogen-bond donors (Lipinski definition) is 2. The van der Waals surface area contributed by atoms with Crippen LogP contribution in [0.25, 0.3) is 32.1 Å². The van der Waals surface area contributed by atoms with Crippen LogP contribution in [-0.4, -0.2) is 18.6 Å². The van der Waals surface area contributed by atoms with Crippen LogP contribution in [0.1, 0.15) is 11.1 Å². The average molecular weight is 419 g/mol. The maximum Gasteiger partial charge on any atom is 0.266 e. The molecule has 4 aromatic rings. The summed E-state index contributed by atoms with van der Waals surface area (Å²) in [6.07, 6.45) is 0.486. The number of aryl methyl sites for hydroxylation is 1. The second kappa shape index (κ2) is 7.91. The van der Waals surface area contributed by atoms with Crippen LogP contribution in [0.5, 0.6) is 5.75 Å². The van der Waals surface area contributed by atoms with Crippen molar-refractivity contribution in [2.24, 2.45) is 5.73 Å². The zero-order valence-corrected chi connectivity index (χ0v) is 17.1. The summed E-state index contributed by atoms with van der Waals surface area (Å²) in [5.41, 5.74) is 9.15. The van der Waals surface area contributed by atoms with Crippen molar-refractivity contribution in [3.63, 3.8) is 0 Å². The number of rotatable bonds is 4. The molecule has 3 N–H and O–H groups in total. The number of aromatic nitrogens is 1. The van der Waals surface area contributed by atoms with Gasteiger partial charge in [-0.3, -0.25) is 4.79 Å². The minimum absolute atomic E-state index is 0. The third-order valence-electron chi connectivity index (χ3n) is 4.84. The summed E-state index contributed by atoms with van der Waals surface area (Å²) in [6.45, 7) is 2.32. The van der Waals surface area contributed by atoms with Gasteiger partial charge in [-0.15, -0.1) is 23.7 Å². The molecule has 146 valence electrons. The van der Waals surface area contributed by atoms with E-state index in [1.165, 1.54) is 17.4 Å². The highest BCUT2D eigenvalue weighted by molar-refractivity contribution is 7.17. The van der Waals surface area contributed by atoms with Gasteiger partial charge in [-0.1, -0.05) is 12.1 Å². The van der Waals surface area contributed by atoms with Gasteiger partial charge >= 0.3 is 0 Å². The van der Waals surface area contributed by atoms with Crippen molar-refractivity contribution in [3.8, 4) is 16.9 Å². The van der Waals surface area contributed by atoms with E-state index in [0.717, 1.165) is 27.4 Å². The smallest absolute Gasteiger partial charge is 0.266 e. The predicted octanol–water partition coefficient (Wildman–Crippen LogP) is 4.79. The molecule has 28 heavy (non-hydrogen) atoms. The van der Waals surface area contributed by atoms with Crippen LogP contribution in [0.4, 0.5) is 4.39 Å². The summed E-state index contributed by atoms with van der Waals surface area (Å²) >= 11 is 1.39. The summed E-state index contributed by atoms with van der Waals surface area (Å²) < 4.78 is 20.9. The van der Waals surface area contributed by atoms with E-state index in [-0.39, 0.29) is 23.8 Å². The number of pyridine rings is 1. The van der Waals surface area contributed by atoms with Gasteiger partial charge in [0.1, 0.15) is 16.3 Å². The van der Waals surface area contributed by atoms with Gasteiger partial charge in [0, 0.05) is 16.3 Å². The largest absolute Gasteiger partial charge is 0.496 e. The maximum atomic E-state index is 14.6. The topological polar surface area (TPSA) is 68.1 Å². The third-order valence-corrected chi connectivity index (χ3v) is 5.76. The van der Waals surface area contributed by atoms with Crippen molar-refractivity contribution >= 4 is 44.7 Å². The van der Waals surface area contributed by atoms with Crippen LogP contribution >= 0.6 is 23.7 Å². The van der Waals surface area contributed by atoms with Crippen LogP contribution in [0, 0.1) is 12.7 Å². The Hall–Kier alpha value is -2.41. The van der Waals surface area contributed by atoms with Gasteiger partial charge in [0.15, 0.2) is 0 Å². The summed E-state index contributed by atoms with van der Waals surface area (Å²) in [5, 5.41) is 3.61. The van der Waals surface area contributed by atoms with Gasteiger partial charge in [-0.05, 0) is 60.2 Å². The van der Waals surface area contributed by atoms with Crippen LogP contribution in [0.2, 0.25) is 0 Å². The van der Waals surface area contributed by atoms with E-state index in [0.29, 0.717) is 34.5 Å². The summed E-state index contributed by atoms with van der Waals surface area (Å²) in [4.78, 5) is 15.4. The van der Waals surface area contributed by atoms with Crippen LogP contribution < -0.4 is 16.0 Å². The molecule has 0 atom stereocenters. The van der Waals surface area contributed by atoms with E-state index in [9.17, 15) is 9.18 Å². The average Bonchev–Trinajstić information content (AvgIpc) is 3.15. The number of benzene rings is 2. The first kappa shape index (κ1) is 20.3. The normalized spacial score (nSPS) is 11.0. The lowest BCUT2D eigenvalue weighted by atomic mass is 9.94. The molecule has 2 aromatic carbocycles. The Morgan fingerprint density at radius 1 is 1.25 bits per heavy atom. The number of methoxy groups -OCH3 is 1. The first-order chi connectivity index (χ1) is 13.0. The molecule has 4 rings (SSSR count). The number of hydrogen-bond acceptors (Lipinski definition) is 4. The van der Waals surface area contributed by atoms with E-state index in [1.54, 1.807) is 13.2 Å². The maximum absolute atomic E-state index is 14.6. The molecule has 0 bridgehead atoms. The lowest BCUT2D eigenvalue weighted by Gasteiger charge is -2.16. The zero-order valence-electron chi connectivity index (χ0n) is 15.5. The molecule has 2 aromatic heterocycles. The first-order valence-electron chi connectivity index (χ1n) is 8.64. The van der Waals surface area contributed by atoms with E-state index in [2.05, 4.69) is 4.98 Å². The molecular weight excluding hydrogens is 399 g/mol. The minimum atomic E-state index is -0.292. The highest BCUT2D eigenvalue weighted by atomic mass is 35.5. The van der Waals surface area contributed by atoms with Crippen molar-refractivity contribution in [1.29, 1.82) is 0 Å².